The molecule has 42 heavy (non-hydrogen) atoms. The van der Waals surface area contributed by atoms with Crippen LogP contribution < -0.4 is 24.8 Å². The van der Waals surface area contributed by atoms with Crippen molar-refractivity contribution >= 4 is 22.4 Å². The Morgan fingerprint density at radius 2 is 1.31 bits per heavy atom. The van der Waals surface area contributed by atoms with Crippen LogP contribution in [0.4, 0.5) is 0 Å². The third-order valence-corrected chi connectivity index (χ3v) is 10.7. The summed E-state index contributed by atoms with van der Waals surface area (Å²) in [5, 5.41) is 1.60. The van der Waals surface area contributed by atoms with E-state index in [1.165, 1.54) is 64.4 Å². The summed E-state index contributed by atoms with van der Waals surface area (Å²) in [5.41, 5.74) is 15.9. The second kappa shape index (κ2) is 13.1. The van der Waals surface area contributed by atoms with Gasteiger partial charge >= 0.3 is 41.3 Å². The van der Waals surface area contributed by atoms with E-state index in [2.05, 4.69) is 137 Å². The van der Waals surface area contributed by atoms with Crippen LogP contribution in [-0.2, 0) is 41.5 Å². The summed E-state index contributed by atoms with van der Waals surface area (Å²) in [6.45, 7) is 29.5. The fourth-order valence-electron chi connectivity index (χ4n) is 6.92. The normalized spacial score (nSPS) is 19.5. The van der Waals surface area contributed by atoms with E-state index in [1.807, 2.05) is 0 Å². The van der Waals surface area contributed by atoms with E-state index in [9.17, 15) is 0 Å². The molecule has 224 valence electrons. The van der Waals surface area contributed by atoms with Crippen molar-refractivity contribution in [2.75, 3.05) is 0 Å². The van der Waals surface area contributed by atoms with E-state index in [0.29, 0.717) is 5.92 Å². The first-order valence-electron chi connectivity index (χ1n) is 14.8. The molecule has 0 amide bonds. The molecule has 4 heteroatoms. The average Bonchev–Trinajstić information content (AvgIpc) is 3.46. The molecule has 6 rings (SSSR count). The van der Waals surface area contributed by atoms with Gasteiger partial charge in [0.2, 0.25) is 0 Å². The van der Waals surface area contributed by atoms with Crippen LogP contribution in [0.15, 0.2) is 47.2 Å². The molecule has 0 aromatic heterocycles. The van der Waals surface area contributed by atoms with Crippen LogP contribution >= 0.6 is 0 Å². The number of hydrogen-bond acceptors (Lipinski definition) is 0. The van der Waals surface area contributed by atoms with Crippen LogP contribution in [0.25, 0.3) is 22.3 Å². The van der Waals surface area contributed by atoms with Crippen molar-refractivity contribution in [2.45, 2.75) is 106 Å². The zero-order valence-electron chi connectivity index (χ0n) is 28.0. The second-order valence-electron chi connectivity index (χ2n) is 14.6. The van der Waals surface area contributed by atoms with Gasteiger partial charge in [-0.25, -0.2) is 16.3 Å². The molecule has 0 aliphatic heterocycles. The Morgan fingerprint density at radius 3 is 1.76 bits per heavy atom. The molecule has 2 aromatic carbocycles. The van der Waals surface area contributed by atoms with Crippen molar-refractivity contribution in [3.8, 4) is 11.1 Å². The standard InChI is InChI=1S/C25H25.C10H17Si.C3H6.2ClH.Zr/c1-14-12-24(3,4)22-8-16-7-17-9-23-19(15(2)13-25(23,5)6)11-21(17)20(16)10-18(14)22;1-8-6-9(2)10(7-8)11(3,4)5;1-3-2;;;/h8-12H,7H2,1-6H3;7-8H,1-5H3;1-2H3;2*1H;/q2*-1;;;;+2/p-2. The van der Waals surface area contributed by atoms with Crippen molar-refractivity contribution in [1.29, 1.82) is 0 Å². The fraction of sp³-hybridized carbons (Fsp3) is 0.447. The monoisotopic (exact) mass is 692 g/mol. The maximum absolute atomic E-state index is 3.65. The van der Waals surface area contributed by atoms with Gasteiger partial charge in [-0.2, -0.15) is 11.6 Å². The molecule has 1 atom stereocenters. The van der Waals surface area contributed by atoms with Gasteiger partial charge in [0.15, 0.2) is 0 Å². The minimum atomic E-state index is -1.07. The van der Waals surface area contributed by atoms with Crippen LogP contribution in [-0.4, -0.2) is 11.3 Å². The predicted octanol–water partition coefficient (Wildman–Crippen LogP) is 4.39. The minimum absolute atomic E-state index is 0. The molecule has 1 unspecified atom stereocenters. The maximum Gasteiger partial charge on any atom is -1.00 e. The maximum atomic E-state index is 3.65. The zero-order chi connectivity index (χ0) is 29.9. The van der Waals surface area contributed by atoms with Gasteiger partial charge in [-0.3, -0.25) is 12.2 Å². The Bertz CT molecular complexity index is 1440. The molecule has 0 N–H and O–H groups in total. The van der Waals surface area contributed by atoms with Crippen LogP contribution in [0.5, 0.6) is 0 Å². The van der Waals surface area contributed by atoms with Gasteiger partial charge in [0, 0.05) is 5.41 Å². The molecule has 0 saturated heterocycles. The van der Waals surface area contributed by atoms with Crippen LogP contribution in [0.2, 0.25) is 19.6 Å². The summed E-state index contributed by atoms with van der Waals surface area (Å²) < 4.78 is 1.51. The fourth-order valence-corrected chi connectivity index (χ4v) is 8.87. The first-order chi connectivity index (χ1) is 18.3. The summed E-state index contributed by atoms with van der Waals surface area (Å²) in [5.74, 6) is 0.553. The number of halogens is 2. The van der Waals surface area contributed by atoms with Crippen molar-refractivity contribution in [3.05, 3.63) is 92.7 Å². The molecule has 0 radical (unpaired) electrons. The largest absolute Gasteiger partial charge is 1.00 e. The SMILES string of the molecule is CC1=[C-]C(C)(C)c2cc3c(cc21)-c1cc2c(cc1C3)C(C)(C)C=C2C.CC1=[C-]C(C)C=C1[Si](C)(C)C.C[C](C)=[Zr+2].[Cl-].[Cl-]. The zero-order valence-corrected chi connectivity index (χ0v) is 33.0. The Kier molecular flexibility index (Phi) is 11.6. The first kappa shape index (κ1) is 37.1. The van der Waals surface area contributed by atoms with E-state index in [0.717, 1.165) is 6.42 Å². The molecule has 0 nitrogen and oxygen atoms in total. The van der Waals surface area contributed by atoms with Crippen molar-refractivity contribution < 1.29 is 49.0 Å². The third kappa shape index (κ3) is 7.42. The third-order valence-electron chi connectivity index (χ3n) is 8.50. The van der Waals surface area contributed by atoms with Gasteiger partial charge in [-0.05, 0) is 66.4 Å². The van der Waals surface area contributed by atoms with E-state index in [1.54, 1.807) is 29.4 Å². The van der Waals surface area contributed by atoms with Crippen molar-refractivity contribution in [3.63, 3.8) is 0 Å². The van der Waals surface area contributed by atoms with Gasteiger partial charge in [-0.15, -0.1) is 11.6 Å². The Labute approximate surface area is 285 Å². The topological polar surface area (TPSA) is 0 Å². The van der Waals surface area contributed by atoms with Gasteiger partial charge in [0.25, 0.3) is 0 Å². The summed E-state index contributed by atoms with van der Waals surface area (Å²) in [6, 6.07) is 9.81. The molecule has 4 aliphatic rings. The summed E-state index contributed by atoms with van der Waals surface area (Å²) in [6.07, 6.45) is 12.9. The van der Waals surface area contributed by atoms with E-state index < -0.39 is 8.07 Å². The van der Waals surface area contributed by atoms with Gasteiger partial charge < -0.3 is 24.8 Å². The van der Waals surface area contributed by atoms with E-state index in [-0.39, 0.29) is 35.6 Å². The number of allylic oxidation sites excluding steroid dienone is 8. The number of rotatable bonds is 1. The number of fused-ring (bicyclic) bond motifs is 5. The molecule has 0 saturated carbocycles. The Hall–Kier alpha value is -1.05. The molecule has 2 aromatic rings. The minimum Gasteiger partial charge on any atom is -1.00 e. The summed E-state index contributed by atoms with van der Waals surface area (Å²) in [4.78, 5) is 0. The van der Waals surface area contributed by atoms with Crippen LogP contribution in [0, 0.1) is 18.1 Å². The molecule has 0 spiro atoms. The van der Waals surface area contributed by atoms with E-state index >= 15 is 0 Å². The first-order valence-corrected chi connectivity index (χ1v) is 19.6. The second-order valence-corrected chi connectivity index (χ2v) is 22.1. The Balaban J connectivity index is 0.000000307. The van der Waals surface area contributed by atoms with Gasteiger partial charge in [0.05, 0.1) is 0 Å². The van der Waals surface area contributed by atoms with Crippen molar-refractivity contribution in [1.82, 2.24) is 0 Å². The van der Waals surface area contributed by atoms with Crippen LogP contribution in [0.3, 0.4) is 0 Å². The average molecular weight is 695 g/mol. The molecule has 0 heterocycles. The van der Waals surface area contributed by atoms with Gasteiger partial charge in [-0.1, -0.05) is 97.6 Å². The smallest absolute Gasteiger partial charge is 1.00 e. The summed E-state index contributed by atoms with van der Waals surface area (Å²) in [7, 11) is -1.07. The van der Waals surface area contributed by atoms with E-state index in [4.69, 9.17) is 0 Å². The quantitative estimate of drug-likeness (QED) is 0.262. The molecule has 4 aliphatic carbocycles. The molecular weight excluding hydrogens is 647 g/mol. The molecule has 0 fully saturated rings. The molecule has 0 bridgehead atoms. The van der Waals surface area contributed by atoms with Crippen LogP contribution in [0.1, 0.15) is 103 Å². The van der Waals surface area contributed by atoms with Crippen molar-refractivity contribution in [2.24, 2.45) is 5.92 Å². The predicted molar refractivity (Wildman–Crippen MR) is 176 cm³/mol. The number of hydrogen-bond donors (Lipinski definition) is 0. The Morgan fingerprint density at radius 1 is 0.810 bits per heavy atom. The molecular formula is C38H48Cl2SiZr-2. The summed E-state index contributed by atoms with van der Waals surface area (Å²) >= 11 is 1.55. The number of benzene rings is 2. The van der Waals surface area contributed by atoms with Gasteiger partial charge in [0.1, 0.15) is 0 Å².